The highest BCUT2D eigenvalue weighted by Gasteiger charge is 2.11. The second-order valence-electron chi connectivity index (χ2n) is 9.57. The van der Waals surface area contributed by atoms with E-state index in [9.17, 15) is 9.59 Å². The summed E-state index contributed by atoms with van der Waals surface area (Å²) in [6.07, 6.45) is 33.0. The lowest BCUT2D eigenvalue weighted by Crippen LogP contribution is -2.16. The minimum Gasteiger partial charge on any atom is -0.481 e. The Hall–Kier alpha value is -1.84. The van der Waals surface area contributed by atoms with Crippen LogP contribution in [0, 0.1) is 0 Å². The van der Waals surface area contributed by atoms with Crippen LogP contribution in [0.1, 0.15) is 142 Å². The molecule has 0 saturated heterocycles. The van der Waals surface area contributed by atoms with Crippen molar-refractivity contribution in [2.75, 3.05) is 0 Å². The fourth-order valence-electron chi connectivity index (χ4n) is 3.86. The molecule has 0 heterocycles. The molecular formula is C31H54O4. The molecule has 0 aliphatic carbocycles. The topological polar surface area (TPSA) is 63.6 Å². The second kappa shape index (κ2) is 26.8. The molecule has 0 saturated carbocycles. The first-order valence-electron chi connectivity index (χ1n) is 14.5. The highest BCUT2D eigenvalue weighted by atomic mass is 16.5. The molecule has 1 unspecified atom stereocenters. The Kier molecular flexibility index (Phi) is 25.4. The smallest absolute Gasteiger partial charge is 0.306 e. The maximum Gasteiger partial charge on any atom is 0.306 e. The summed E-state index contributed by atoms with van der Waals surface area (Å²) in [6.45, 7) is 4.42. The summed E-state index contributed by atoms with van der Waals surface area (Å²) in [5, 5.41) is 8.75. The lowest BCUT2D eigenvalue weighted by atomic mass is 10.1. The van der Waals surface area contributed by atoms with E-state index in [1.807, 2.05) is 6.08 Å². The Bertz CT molecular complexity index is 577. The maximum atomic E-state index is 12.4. The molecule has 35 heavy (non-hydrogen) atoms. The maximum absolute atomic E-state index is 12.4. The van der Waals surface area contributed by atoms with Crippen LogP contribution < -0.4 is 0 Å². The van der Waals surface area contributed by atoms with Crippen LogP contribution in [-0.4, -0.2) is 23.1 Å². The monoisotopic (exact) mass is 490 g/mol. The van der Waals surface area contributed by atoms with E-state index in [1.165, 1.54) is 57.8 Å². The largest absolute Gasteiger partial charge is 0.481 e. The van der Waals surface area contributed by atoms with Gasteiger partial charge in [0.1, 0.15) is 6.10 Å². The van der Waals surface area contributed by atoms with Gasteiger partial charge in [-0.2, -0.15) is 0 Å². The molecule has 1 atom stereocenters. The summed E-state index contributed by atoms with van der Waals surface area (Å²) in [7, 11) is 0. The zero-order chi connectivity index (χ0) is 25.8. The number of unbranched alkanes of at least 4 members (excludes halogenated alkanes) is 12. The van der Waals surface area contributed by atoms with Crippen LogP contribution in [0.2, 0.25) is 0 Å². The minimum absolute atomic E-state index is 0.0946. The normalized spacial score (nSPS) is 12.7. The van der Waals surface area contributed by atoms with E-state index >= 15 is 0 Å². The van der Waals surface area contributed by atoms with Crippen molar-refractivity contribution in [2.45, 2.75) is 148 Å². The SMILES string of the molecule is CCCC/C=C\C/C=C\C(CCCCCCC(=O)O)OC(=O)CCCCCCC/C=C\CCCC. The van der Waals surface area contributed by atoms with Crippen molar-refractivity contribution >= 4 is 11.9 Å². The lowest BCUT2D eigenvalue weighted by molar-refractivity contribution is -0.147. The van der Waals surface area contributed by atoms with Gasteiger partial charge in [-0.15, -0.1) is 0 Å². The molecule has 0 aromatic carbocycles. The van der Waals surface area contributed by atoms with E-state index in [0.29, 0.717) is 12.8 Å². The van der Waals surface area contributed by atoms with Crippen molar-refractivity contribution in [1.29, 1.82) is 0 Å². The minimum atomic E-state index is -0.731. The van der Waals surface area contributed by atoms with Crippen LogP contribution in [0.15, 0.2) is 36.5 Å². The molecule has 0 aliphatic rings. The summed E-state index contributed by atoms with van der Waals surface area (Å²) in [6, 6.07) is 0. The van der Waals surface area contributed by atoms with Gasteiger partial charge in [0, 0.05) is 12.8 Å². The van der Waals surface area contributed by atoms with E-state index < -0.39 is 5.97 Å². The van der Waals surface area contributed by atoms with Gasteiger partial charge in [-0.3, -0.25) is 9.59 Å². The Balaban J connectivity index is 4.16. The van der Waals surface area contributed by atoms with E-state index in [0.717, 1.165) is 51.4 Å². The number of hydrogen-bond donors (Lipinski definition) is 1. The number of carbonyl (C=O) groups is 2. The zero-order valence-corrected chi connectivity index (χ0v) is 22.9. The average molecular weight is 491 g/mol. The van der Waals surface area contributed by atoms with Gasteiger partial charge in [0.2, 0.25) is 0 Å². The molecule has 0 rings (SSSR count). The second-order valence-corrected chi connectivity index (χ2v) is 9.57. The number of esters is 1. The van der Waals surface area contributed by atoms with Gasteiger partial charge in [0.05, 0.1) is 0 Å². The number of carboxylic acids is 1. The van der Waals surface area contributed by atoms with Crippen molar-refractivity contribution < 1.29 is 19.4 Å². The quantitative estimate of drug-likeness (QED) is 0.0786. The van der Waals surface area contributed by atoms with Crippen LogP contribution in [0.4, 0.5) is 0 Å². The summed E-state index contributed by atoms with van der Waals surface area (Å²) in [4.78, 5) is 23.0. The van der Waals surface area contributed by atoms with Gasteiger partial charge < -0.3 is 9.84 Å². The van der Waals surface area contributed by atoms with E-state index in [4.69, 9.17) is 9.84 Å². The van der Waals surface area contributed by atoms with Crippen molar-refractivity contribution in [3.8, 4) is 0 Å². The molecule has 0 bridgehead atoms. The molecule has 4 heteroatoms. The van der Waals surface area contributed by atoms with Crippen molar-refractivity contribution in [3.63, 3.8) is 0 Å². The van der Waals surface area contributed by atoms with E-state index in [2.05, 4.69) is 44.2 Å². The van der Waals surface area contributed by atoms with Crippen LogP contribution in [0.3, 0.4) is 0 Å². The van der Waals surface area contributed by atoms with E-state index in [1.54, 1.807) is 0 Å². The Morgan fingerprint density at radius 3 is 1.86 bits per heavy atom. The Labute approximate surface area is 216 Å². The van der Waals surface area contributed by atoms with Gasteiger partial charge in [0.15, 0.2) is 0 Å². The molecule has 0 aromatic rings. The van der Waals surface area contributed by atoms with E-state index in [-0.39, 0.29) is 18.5 Å². The molecule has 0 aromatic heterocycles. The molecule has 1 N–H and O–H groups in total. The summed E-state index contributed by atoms with van der Waals surface area (Å²) < 4.78 is 5.78. The summed E-state index contributed by atoms with van der Waals surface area (Å²) in [5.41, 5.74) is 0. The third-order valence-corrected chi connectivity index (χ3v) is 6.07. The Morgan fingerprint density at radius 1 is 0.657 bits per heavy atom. The van der Waals surface area contributed by atoms with Gasteiger partial charge in [-0.05, 0) is 63.9 Å². The van der Waals surface area contributed by atoms with Crippen LogP contribution in [0.5, 0.6) is 0 Å². The third kappa shape index (κ3) is 26.6. The molecule has 0 fully saturated rings. The predicted octanol–water partition coefficient (Wildman–Crippen LogP) is 9.49. The van der Waals surface area contributed by atoms with Crippen molar-refractivity contribution in [2.24, 2.45) is 0 Å². The fraction of sp³-hybridized carbons (Fsp3) is 0.742. The first kappa shape index (κ1) is 33.2. The first-order valence-corrected chi connectivity index (χ1v) is 14.5. The van der Waals surface area contributed by atoms with Crippen molar-refractivity contribution in [3.05, 3.63) is 36.5 Å². The molecule has 0 amide bonds. The molecule has 202 valence electrons. The fourth-order valence-corrected chi connectivity index (χ4v) is 3.86. The van der Waals surface area contributed by atoms with Gasteiger partial charge in [0.25, 0.3) is 0 Å². The number of ether oxygens (including phenoxy) is 1. The first-order chi connectivity index (χ1) is 17.1. The molecular weight excluding hydrogens is 436 g/mol. The number of rotatable bonds is 25. The number of allylic oxidation sites excluding steroid dienone is 5. The highest BCUT2D eigenvalue weighted by molar-refractivity contribution is 5.69. The van der Waals surface area contributed by atoms with Crippen LogP contribution in [-0.2, 0) is 14.3 Å². The molecule has 0 spiro atoms. The van der Waals surface area contributed by atoms with Crippen LogP contribution in [0.25, 0.3) is 0 Å². The van der Waals surface area contributed by atoms with Gasteiger partial charge >= 0.3 is 11.9 Å². The predicted molar refractivity (Wildman–Crippen MR) is 149 cm³/mol. The standard InChI is InChI=1S/C31H54O4/c1-3-5-7-9-11-12-13-14-16-18-24-28-31(34)35-29(25-21-17-15-10-8-6-4-2)26-22-19-20-23-27-30(32)33/h9-11,15,21,25,29H,3-8,12-14,16-20,22-24,26-28H2,1-2H3,(H,32,33)/b11-9-,15-10-,25-21-. The lowest BCUT2D eigenvalue weighted by Gasteiger charge is -2.14. The van der Waals surface area contributed by atoms with Gasteiger partial charge in [-0.25, -0.2) is 0 Å². The van der Waals surface area contributed by atoms with Crippen molar-refractivity contribution in [1.82, 2.24) is 0 Å². The molecule has 4 nitrogen and oxygen atoms in total. The van der Waals surface area contributed by atoms with Gasteiger partial charge in [-0.1, -0.05) is 102 Å². The number of hydrogen-bond acceptors (Lipinski definition) is 3. The number of carboxylic acid groups (broad SMARTS) is 1. The average Bonchev–Trinajstić information content (AvgIpc) is 2.83. The molecule has 0 aliphatic heterocycles. The van der Waals surface area contributed by atoms with Crippen LogP contribution >= 0.6 is 0 Å². The summed E-state index contributed by atoms with van der Waals surface area (Å²) in [5.74, 6) is -0.825. The summed E-state index contributed by atoms with van der Waals surface area (Å²) >= 11 is 0. The third-order valence-electron chi connectivity index (χ3n) is 6.07. The zero-order valence-electron chi connectivity index (χ0n) is 22.9. The molecule has 0 radical (unpaired) electrons. The Morgan fingerprint density at radius 2 is 1.20 bits per heavy atom. The highest BCUT2D eigenvalue weighted by Crippen LogP contribution is 2.14. The number of aliphatic carboxylic acids is 1. The number of carbonyl (C=O) groups excluding carboxylic acids is 1.